The molecule has 148 valence electrons. The number of amides is 1. The Morgan fingerprint density at radius 3 is 2.55 bits per heavy atom. The minimum Gasteiger partial charge on any atom is -0.316 e. The highest BCUT2D eigenvalue weighted by Gasteiger charge is 2.12. The van der Waals surface area contributed by atoms with Crippen LogP contribution in [0.1, 0.15) is 22.5 Å². The van der Waals surface area contributed by atoms with Crippen molar-refractivity contribution in [3.63, 3.8) is 0 Å². The monoisotopic (exact) mass is 410 g/mol. The minimum atomic E-state index is -0.479. The Morgan fingerprint density at radius 1 is 1.21 bits per heavy atom. The molecule has 0 atom stereocenters. The Balaban J connectivity index is 1.67. The van der Waals surface area contributed by atoms with Crippen molar-refractivity contribution in [2.45, 2.75) is 20.3 Å². The van der Waals surface area contributed by atoms with Gasteiger partial charge in [0.2, 0.25) is 5.91 Å². The first-order chi connectivity index (χ1) is 13.9. The van der Waals surface area contributed by atoms with Crippen LogP contribution in [0.15, 0.2) is 59.7 Å². The number of nitrogens with zero attached hydrogens (tertiary/aromatic N) is 3. The van der Waals surface area contributed by atoms with Crippen molar-refractivity contribution in [3.8, 4) is 5.69 Å². The number of carbonyl (C=O) groups is 1. The van der Waals surface area contributed by atoms with Crippen molar-refractivity contribution in [1.82, 2.24) is 9.99 Å². The summed E-state index contributed by atoms with van der Waals surface area (Å²) in [6.07, 6.45) is 1.66. The van der Waals surface area contributed by atoms with Crippen LogP contribution in [0.25, 0.3) is 5.69 Å². The number of hydrogen-bond donors (Lipinski definition) is 1. The Kier molecular flexibility index (Phi) is 6.09. The van der Waals surface area contributed by atoms with Crippen molar-refractivity contribution in [2.75, 3.05) is 0 Å². The maximum absolute atomic E-state index is 12.1. The van der Waals surface area contributed by atoms with Crippen molar-refractivity contribution < 1.29 is 9.72 Å². The number of hydrazone groups is 1. The van der Waals surface area contributed by atoms with Crippen LogP contribution in [0.4, 0.5) is 5.69 Å². The molecule has 1 N–H and O–H groups in total. The zero-order valence-electron chi connectivity index (χ0n) is 15.9. The minimum absolute atomic E-state index is 0.0129. The van der Waals surface area contributed by atoms with Gasteiger partial charge in [-0.15, -0.1) is 0 Å². The number of hydrogen-bond acceptors (Lipinski definition) is 4. The second-order valence-electron chi connectivity index (χ2n) is 6.51. The molecule has 2 aromatic carbocycles. The molecule has 8 heteroatoms. The highest BCUT2D eigenvalue weighted by Crippen LogP contribution is 2.25. The summed E-state index contributed by atoms with van der Waals surface area (Å²) in [5.41, 5.74) is 6.82. The first-order valence-corrected chi connectivity index (χ1v) is 9.23. The van der Waals surface area contributed by atoms with Crippen molar-refractivity contribution in [1.29, 1.82) is 0 Å². The normalized spacial score (nSPS) is 11.0. The summed E-state index contributed by atoms with van der Waals surface area (Å²) in [5, 5.41) is 15.4. The molecular weight excluding hydrogens is 392 g/mol. The molecule has 29 heavy (non-hydrogen) atoms. The molecule has 3 rings (SSSR count). The second kappa shape index (κ2) is 8.70. The number of aromatic nitrogens is 1. The third kappa shape index (κ3) is 4.70. The fourth-order valence-electron chi connectivity index (χ4n) is 3.06. The molecule has 1 heterocycles. The van der Waals surface area contributed by atoms with E-state index in [-0.39, 0.29) is 18.0 Å². The number of carbonyl (C=O) groups excluding carboxylic acids is 1. The molecule has 1 amide bonds. The molecule has 0 unspecified atom stereocenters. The summed E-state index contributed by atoms with van der Waals surface area (Å²) < 4.78 is 2.03. The number of nitrogens with one attached hydrogen (secondary N) is 1. The molecule has 0 fully saturated rings. The van der Waals surface area contributed by atoms with Gasteiger partial charge in [-0.25, -0.2) is 5.43 Å². The largest absolute Gasteiger partial charge is 0.316 e. The van der Waals surface area contributed by atoms with E-state index in [1.807, 2.05) is 48.7 Å². The van der Waals surface area contributed by atoms with Crippen LogP contribution >= 0.6 is 11.6 Å². The Morgan fingerprint density at radius 2 is 1.90 bits per heavy atom. The molecular formula is C21H19ClN4O3. The van der Waals surface area contributed by atoms with Crippen molar-refractivity contribution in [3.05, 3.63) is 92.2 Å². The number of aryl methyl sites for hydroxylation is 1. The number of halogens is 1. The van der Waals surface area contributed by atoms with Gasteiger partial charge in [-0.05, 0) is 37.6 Å². The quantitative estimate of drug-likeness (QED) is 0.372. The van der Waals surface area contributed by atoms with Gasteiger partial charge in [-0.3, -0.25) is 14.9 Å². The van der Waals surface area contributed by atoms with Crippen LogP contribution < -0.4 is 5.43 Å². The molecule has 7 nitrogen and oxygen atoms in total. The maximum Gasteiger partial charge on any atom is 0.269 e. The lowest BCUT2D eigenvalue weighted by atomic mass is 10.1. The number of para-hydroxylation sites is 1. The van der Waals surface area contributed by atoms with Gasteiger partial charge in [0.25, 0.3) is 5.69 Å². The van der Waals surface area contributed by atoms with Gasteiger partial charge >= 0.3 is 0 Å². The first-order valence-electron chi connectivity index (χ1n) is 8.86. The SMILES string of the molecule is Cc1cc(/C=N\NC(=O)Cc2ccc([N+](=O)[O-])cc2)c(C)n1-c1ccccc1Cl. The topological polar surface area (TPSA) is 89.5 Å². The van der Waals surface area contributed by atoms with E-state index in [1.54, 1.807) is 18.3 Å². The van der Waals surface area contributed by atoms with E-state index < -0.39 is 4.92 Å². The predicted octanol–water partition coefficient (Wildman–Crippen LogP) is 4.35. The fraction of sp³-hybridized carbons (Fsp3) is 0.143. The smallest absolute Gasteiger partial charge is 0.269 e. The molecule has 0 spiro atoms. The van der Waals surface area contributed by atoms with Gasteiger partial charge in [0, 0.05) is 29.1 Å². The zero-order chi connectivity index (χ0) is 21.0. The van der Waals surface area contributed by atoms with Crippen LogP contribution in [-0.4, -0.2) is 21.6 Å². The summed E-state index contributed by atoms with van der Waals surface area (Å²) in [4.78, 5) is 22.3. The average Bonchev–Trinajstić information content (AvgIpc) is 2.96. The average molecular weight is 411 g/mol. The predicted molar refractivity (Wildman–Crippen MR) is 113 cm³/mol. The van der Waals surface area contributed by atoms with E-state index in [0.717, 1.165) is 22.6 Å². The number of non-ortho nitro benzene ring substituents is 1. The van der Waals surface area contributed by atoms with Gasteiger partial charge in [0.15, 0.2) is 0 Å². The van der Waals surface area contributed by atoms with E-state index in [1.165, 1.54) is 12.1 Å². The highest BCUT2D eigenvalue weighted by atomic mass is 35.5. The summed E-state index contributed by atoms with van der Waals surface area (Å²) in [6.45, 7) is 3.93. The highest BCUT2D eigenvalue weighted by molar-refractivity contribution is 6.32. The van der Waals surface area contributed by atoms with Gasteiger partial charge in [-0.2, -0.15) is 5.10 Å². The Bertz CT molecular complexity index is 1090. The Hall–Kier alpha value is -3.45. The fourth-order valence-corrected chi connectivity index (χ4v) is 3.28. The standard InChI is InChI=1S/C21H19ClN4O3/c1-14-11-17(15(2)25(14)20-6-4-3-5-19(20)22)13-23-24-21(27)12-16-7-9-18(10-8-16)26(28)29/h3-11,13H,12H2,1-2H3,(H,24,27)/b23-13-. The number of rotatable bonds is 6. The lowest BCUT2D eigenvalue weighted by Crippen LogP contribution is -2.19. The maximum atomic E-state index is 12.1. The molecule has 3 aromatic rings. The molecule has 0 aliphatic carbocycles. The summed E-state index contributed by atoms with van der Waals surface area (Å²) in [6, 6.07) is 15.4. The molecule has 0 aliphatic heterocycles. The summed E-state index contributed by atoms with van der Waals surface area (Å²) >= 11 is 6.31. The van der Waals surface area contributed by atoms with Crippen LogP contribution in [0.5, 0.6) is 0 Å². The van der Waals surface area contributed by atoms with E-state index in [9.17, 15) is 14.9 Å². The van der Waals surface area contributed by atoms with E-state index in [2.05, 4.69) is 10.5 Å². The van der Waals surface area contributed by atoms with Crippen LogP contribution in [-0.2, 0) is 11.2 Å². The van der Waals surface area contributed by atoms with E-state index >= 15 is 0 Å². The van der Waals surface area contributed by atoms with Crippen LogP contribution in [0.2, 0.25) is 5.02 Å². The molecule has 0 aliphatic rings. The lowest BCUT2D eigenvalue weighted by Gasteiger charge is -2.11. The Labute approximate surface area is 172 Å². The van der Waals surface area contributed by atoms with Gasteiger partial charge in [0.1, 0.15) is 0 Å². The van der Waals surface area contributed by atoms with Crippen molar-refractivity contribution >= 4 is 29.4 Å². The third-order valence-corrected chi connectivity index (χ3v) is 4.79. The molecule has 1 aromatic heterocycles. The van der Waals surface area contributed by atoms with Crippen LogP contribution in [0, 0.1) is 24.0 Å². The molecule has 0 saturated carbocycles. The lowest BCUT2D eigenvalue weighted by molar-refractivity contribution is -0.384. The van der Waals surface area contributed by atoms with Crippen LogP contribution in [0.3, 0.4) is 0 Å². The van der Waals surface area contributed by atoms with Gasteiger partial charge < -0.3 is 4.57 Å². The molecule has 0 bridgehead atoms. The van der Waals surface area contributed by atoms with Gasteiger partial charge in [-0.1, -0.05) is 35.9 Å². The summed E-state index contributed by atoms with van der Waals surface area (Å²) in [7, 11) is 0. The number of nitro benzene ring substituents is 1. The van der Waals surface area contributed by atoms with Gasteiger partial charge in [0.05, 0.1) is 28.3 Å². The number of benzene rings is 2. The zero-order valence-corrected chi connectivity index (χ0v) is 16.7. The van der Waals surface area contributed by atoms with Crippen molar-refractivity contribution in [2.24, 2.45) is 5.10 Å². The third-order valence-electron chi connectivity index (χ3n) is 4.47. The molecule has 0 radical (unpaired) electrons. The second-order valence-corrected chi connectivity index (χ2v) is 6.91. The number of nitro groups is 1. The van der Waals surface area contributed by atoms with E-state index in [4.69, 9.17) is 11.6 Å². The summed E-state index contributed by atoms with van der Waals surface area (Å²) in [5.74, 6) is -0.310. The molecule has 0 saturated heterocycles. The first kappa shape index (κ1) is 20.3. The van der Waals surface area contributed by atoms with E-state index in [0.29, 0.717) is 10.6 Å².